The van der Waals surface area contributed by atoms with E-state index in [0.717, 1.165) is 52.2 Å². The molecule has 0 aromatic rings. The van der Waals surface area contributed by atoms with Crippen LogP contribution < -0.4 is 5.32 Å². The molecule has 0 aromatic carbocycles. The molecule has 0 spiro atoms. The molecular formula is C12H23N3O2. The zero-order valence-electron chi connectivity index (χ0n) is 10.7. The van der Waals surface area contributed by atoms with Gasteiger partial charge in [0, 0.05) is 26.2 Å². The molecule has 1 N–H and O–H groups in total. The first-order valence-electron chi connectivity index (χ1n) is 6.63. The smallest absolute Gasteiger partial charge is 0.240 e. The Morgan fingerprint density at radius 2 is 2.12 bits per heavy atom. The van der Waals surface area contributed by atoms with Crippen LogP contribution in [0.1, 0.15) is 19.8 Å². The van der Waals surface area contributed by atoms with Crippen LogP contribution in [0.3, 0.4) is 0 Å². The number of carbonyl (C=O) groups excluding carboxylic acids is 1. The first-order chi connectivity index (χ1) is 8.31. The highest BCUT2D eigenvalue weighted by molar-refractivity contribution is 5.83. The maximum atomic E-state index is 12.0. The lowest BCUT2D eigenvalue weighted by Gasteiger charge is -2.28. The lowest BCUT2D eigenvalue weighted by molar-refractivity contribution is -0.129. The van der Waals surface area contributed by atoms with E-state index < -0.39 is 0 Å². The Morgan fingerprint density at radius 3 is 2.82 bits per heavy atom. The van der Waals surface area contributed by atoms with Crippen molar-refractivity contribution in [2.45, 2.75) is 25.8 Å². The first kappa shape index (κ1) is 12.8. The van der Waals surface area contributed by atoms with Gasteiger partial charge in [0.25, 0.3) is 0 Å². The molecule has 2 saturated heterocycles. The van der Waals surface area contributed by atoms with E-state index in [0.29, 0.717) is 6.67 Å². The summed E-state index contributed by atoms with van der Waals surface area (Å²) >= 11 is 0. The molecule has 1 amide bonds. The Labute approximate surface area is 103 Å². The van der Waals surface area contributed by atoms with Gasteiger partial charge in [0.15, 0.2) is 0 Å². The number of hydrogen-bond donors (Lipinski definition) is 1. The van der Waals surface area contributed by atoms with Crippen molar-refractivity contribution in [1.29, 1.82) is 0 Å². The average molecular weight is 241 g/mol. The predicted molar refractivity (Wildman–Crippen MR) is 65.7 cm³/mol. The van der Waals surface area contributed by atoms with Crippen LogP contribution in [0.25, 0.3) is 0 Å². The minimum absolute atomic E-state index is 0.0599. The Kier molecular flexibility index (Phi) is 4.76. The van der Waals surface area contributed by atoms with Gasteiger partial charge < -0.3 is 9.64 Å². The second kappa shape index (κ2) is 6.33. The number of amides is 1. The van der Waals surface area contributed by atoms with Crippen LogP contribution in [0.2, 0.25) is 0 Å². The van der Waals surface area contributed by atoms with E-state index in [2.05, 4.69) is 17.1 Å². The number of nitrogens with zero attached hydrogens (tertiary/aromatic N) is 2. The van der Waals surface area contributed by atoms with Gasteiger partial charge in [-0.2, -0.15) is 0 Å². The molecule has 0 aromatic heterocycles. The zero-order chi connectivity index (χ0) is 12.1. The summed E-state index contributed by atoms with van der Waals surface area (Å²) in [6.45, 7) is 8.28. The minimum Gasteiger partial charge on any atom is -0.379 e. The van der Waals surface area contributed by atoms with Crippen LogP contribution in [0, 0.1) is 0 Å². The quantitative estimate of drug-likeness (QED) is 0.729. The monoisotopic (exact) mass is 241 g/mol. The zero-order valence-corrected chi connectivity index (χ0v) is 10.7. The van der Waals surface area contributed by atoms with E-state index in [1.165, 1.54) is 0 Å². The van der Waals surface area contributed by atoms with Crippen molar-refractivity contribution in [3.63, 3.8) is 0 Å². The van der Waals surface area contributed by atoms with Gasteiger partial charge in [-0.05, 0) is 6.42 Å². The molecular weight excluding hydrogens is 218 g/mol. The van der Waals surface area contributed by atoms with E-state index in [9.17, 15) is 4.79 Å². The summed E-state index contributed by atoms with van der Waals surface area (Å²) in [5, 5.41) is 3.28. The third-order valence-corrected chi connectivity index (χ3v) is 3.51. The lowest BCUT2D eigenvalue weighted by atomic mass is 10.2. The largest absolute Gasteiger partial charge is 0.379 e. The van der Waals surface area contributed by atoms with Crippen molar-refractivity contribution in [3.05, 3.63) is 0 Å². The SMILES string of the molecule is CCCC1NCN(CCN2CCOCC2)C1=O. The molecule has 0 radical (unpaired) electrons. The summed E-state index contributed by atoms with van der Waals surface area (Å²) in [5.41, 5.74) is 0. The van der Waals surface area contributed by atoms with E-state index in [4.69, 9.17) is 4.74 Å². The summed E-state index contributed by atoms with van der Waals surface area (Å²) in [6, 6.07) is 0.0599. The summed E-state index contributed by atoms with van der Waals surface area (Å²) in [5.74, 6) is 0.278. The van der Waals surface area contributed by atoms with Gasteiger partial charge in [-0.15, -0.1) is 0 Å². The molecule has 5 heteroatoms. The number of carbonyl (C=O) groups is 1. The Hall–Kier alpha value is -0.650. The van der Waals surface area contributed by atoms with Gasteiger partial charge in [0.1, 0.15) is 0 Å². The van der Waals surface area contributed by atoms with Crippen molar-refractivity contribution >= 4 is 5.91 Å². The van der Waals surface area contributed by atoms with Crippen molar-refractivity contribution in [3.8, 4) is 0 Å². The first-order valence-corrected chi connectivity index (χ1v) is 6.63. The molecule has 0 bridgehead atoms. The second-order valence-electron chi connectivity index (χ2n) is 4.76. The average Bonchev–Trinajstić information content (AvgIpc) is 2.70. The van der Waals surface area contributed by atoms with E-state index in [1.807, 2.05) is 4.90 Å². The summed E-state index contributed by atoms with van der Waals surface area (Å²) in [7, 11) is 0. The standard InChI is InChI=1S/C12H23N3O2/c1-2-3-11-12(16)15(10-13-11)5-4-14-6-8-17-9-7-14/h11,13H,2-10H2,1H3. The van der Waals surface area contributed by atoms with Gasteiger partial charge in [0.05, 0.1) is 25.9 Å². The number of morpholine rings is 1. The summed E-state index contributed by atoms with van der Waals surface area (Å²) in [6.07, 6.45) is 2.01. The fourth-order valence-corrected chi connectivity index (χ4v) is 2.40. The highest BCUT2D eigenvalue weighted by Crippen LogP contribution is 2.09. The fourth-order valence-electron chi connectivity index (χ4n) is 2.40. The Morgan fingerprint density at radius 1 is 1.35 bits per heavy atom. The maximum Gasteiger partial charge on any atom is 0.240 e. The van der Waals surface area contributed by atoms with Gasteiger partial charge in [-0.3, -0.25) is 15.0 Å². The molecule has 2 aliphatic rings. The van der Waals surface area contributed by atoms with E-state index >= 15 is 0 Å². The molecule has 1 atom stereocenters. The number of ether oxygens (including phenoxy) is 1. The van der Waals surface area contributed by atoms with Crippen molar-refractivity contribution < 1.29 is 9.53 Å². The van der Waals surface area contributed by atoms with E-state index in [-0.39, 0.29) is 11.9 Å². The number of rotatable bonds is 5. The van der Waals surface area contributed by atoms with Crippen LogP contribution in [-0.2, 0) is 9.53 Å². The highest BCUT2D eigenvalue weighted by atomic mass is 16.5. The summed E-state index contributed by atoms with van der Waals surface area (Å²) in [4.78, 5) is 16.3. The summed E-state index contributed by atoms with van der Waals surface area (Å²) < 4.78 is 5.31. The third-order valence-electron chi connectivity index (χ3n) is 3.51. The van der Waals surface area contributed by atoms with Crippen LogP contribution >= 0.6 is 0 Å². The van der Waals surface area contributed by atoms with Crippen molar-refractivity contribution in [2.24, 2.45) is 0 Å². The third kappa shape index (κ3) is 3.40. The maximum absolute atomic E-state index is 12.0. The fraction of sp³-hybridized carbons (Fsp3) is 0.917. The Balaban J connectivity index is 1.70. The number of nitrogens with one attached hydrogen (secondary N) is 1. The molecule has 17 heavy (non-hydrogen) atoms. The predicted octanol–water partition coefficient (Wildman–Crippen LogP) is -0.123. The second-order valence-corrected chi connectivity index (χ2v) is 4.76. The molecule has 2 heterocycles. The van der Waals surface area contributed by atoms with Crippen LogP contribution in [0.5, 0.6) is 0 Å². The number of hydrogen-bond acceptors (Lipinski definition) is 4. The molecule has 5 nitrogen and oxygen atoms in total. The van der Waals surface area contributed by atoms with Crippen LogP contribution in [0.15, 0.2) is 0 Å². The lowest BCUT2D eigenvalue weighted by Crippen LogP contribution is -2.42. The molecule has 1 unspecified atom stereocenters. The van der Waals surface area contributed by atoms with Gasteiger partial charge in [-0.25, -0.2) is 0 Å². The molecule has 0 saturated carbocycles. The molecule has 98 valence electrons. The van der Waals surface area contributed by atoms with Gasteiger partial charge in [-0.1, -0.05) is 13.3 Å². The van der Waals surface area contributed by atoms with Crippen LogP contribution in [-0.4, -0.2) is 67.8 Å². The van der Waals surface area contributed by atoms with Gasteiger partial charge in [0.2, 0.25) is 5.91 Å². The normalized spacial score (nSPS) is 26.8. The van der Waals surface area contributed by atoms with Crippen molar-refractivity contribution in [1.82, 2.24) is 15.1 Å². The highest BCUT2D eigenvalue weighted by Gasteiger charge is 2.29. The topological polar surface area (TPSA) is 44.8 Å². The van der Waals surface area contributed by atoms with Crippen LogP contribution in [0.4, 0.5) is 0 Å². The minimum atomic E-state index is 0.0599. The Bertz CT molecular complexity index is 254. The van der Waals surface area contributed by atoms with E-state index in [1.54, 1.807) is 0 Å². The molecule has 2 fully saturated rings. The molecule has 0 aliphatic carbocycles. The molecule has 2 rings (SSSR count). The van der Waals surface area contributed by atoms with Crippen molar-refractivity contribution in [2.75, 3.05) is 46.1 Å². The molecule has 2 aliphatic heterocycles. The van der Waals surface area contributed by atoms with Gasteiger partial charge >= 0.3 is 0 Å².